The summed E-state index contributed by atoms with van der Waals surface area (Å²) < 4.78 is 24.8. The van der Waals surface area contributed by atoms with Crippen molar-refractivity contribution in [3.05, 3.63) is 35.9 Å². The largest absolute Gasteiger partial charge is 0.496 e. The molecular formula is C15H17NO4S. The van der Waals surface area contributed by atoms with Crippen LogP contribution in [0.25, 0.3) is 10.8 Å². The van der Waals surface area contributed by atoms with Crippen LogP contribution in [0.15, 0.2) is 35.2 Å². The Morgan fingerprint density at radius 2 is 1.95 bits per heavy atom. The van der Waals surface area contributed by atoms with Crippen LogP contribution in [0.3, 0.4) is 0 Å². The molecule has 112 valence electrons. The highest BCUT2D eigenvalue weighted by Crippen LogP contribution is 2.27. The Labute approximate surface area is 125 Å². The second-order valence-electron chi connectivity index (χ2n) is 4.32. The quantitative estimate of drug-likeness (QED) is 0.861. The Kier molecular flexibility index (Phi) is 4.93. The summed E-state index contributed by atoms with van der Waals surface area (Å²) in [7, 11) is 1.56. The molecule has 0 bridgehead atoms. The molecule has 0 fully saturated rings. The van der Waals surface area contributed by atoms with Crippen LogP contribution in [-0.2, 0) is 15.7 Å². The zero-order chi connectivity index (χ0) is 15.4. The number of carbonyl (C=O) groups excluding carboxylic acids is 1. The lowest BCUT2D eigenvalue weighted by Gasteiger charge is -2.10. The number of carbonyl (C=O) groups is 1. The molecule has 1 N–H and O–H groups in total. The molecule has 0 saturated carbocycles. The molecule has 6 heteroatoms. The molecule has 2 aromatic carbocycles. The van der Waals surface area contributed by atoms with E-state index in [0.29, 0.717) is 22.8 Å². The maximum absolute atomic E-state index is 12.0. The average Bonchev–Trinajstić information content (AvgIpc) is 2.52. The molecular weight excluding hydrogens is 290 g/mol. The number of rotatable bonds is 5. The van der Waals surface area contributed by atoms with E-state index in [2.05, 4.69) is 4.72 Å². The number of methoxy groups -OCH3 is 2. The van der Waals surface area contributed by atoms with Crippen molar-refractivity contribution in [2.45, 2.75) is 11.8 Å². The Morgan fingerprint density at radius 1 is 1.19 bits per heavy atom. The van der Waals surface area contributed by atoms with Gasteiger partial charge in [-0.2, -0.15) is 0 Å². The van der Waals surface area contributed by atoms with Crippen LogP contribution in [0.4, 0.5) is 0 Å². The summed E-state index contributed by atoms with van der Waals surface area (Å²) in [6.45, 7) is 2.50. The van der Waals surface area contributed by atoms with Gasteiger partial charge in [0.15, 0.2) is 0 Å². The summed E-state index contributed by atoms with van der Waals surface area (Å²) in [6, 6.07) is 8.88. The van der Waals surface area contributed by atoms with Crippen molar-refractivity contribution in [1.29, 1.82) is 0 Å². The van der Waals surface area contributed by atoms with E-state index >= 15 is 0 Å². The maximum Gasteiger partial charge on any atom is 0.341 e. The van der Waals surface area contributed by atoms with Crippen LogP contribution in [0, 0.1) is 0 Å². The van der Waals surface area contributed by atoms with Gasteiger partial charge in [-0.25, -0.2) is 13.7 Å². The highest BCUT2D eigenvalue weighted by atomic mass is 32.2. The Balaban J connectivity index is 2.56. The van der Waals surface area contributed by atoms with Crippen LogP contribution < -0.4 is 9.46 Å². The van der Waals surface area contributed by atoms with Gasteiger partial charge < -0.3 is 9.47 Å². The fourth-order valence-corrected chi connectivity index (χ4v) is 2.88. The molecule has 0 aromatic heterocycles. The van der Waals surface area contributed by atoms with Gasteiger partial charge >= 0.3 is 5.97 Å². The van der Waals surface area contributed by atoms with Gasteiger partial charge in [-0.1, -0.05) is 13.0 Å². The second-order valence-corrected chi connectivity index (χ2v) is 5.62. The van der Waals surface area contributed by atoms with Crippen molar-refractivity contribution >= 4 is 27.7 Å². The van der Waals surface area contributed by atoms with E-state index in [-0.39, 0.29) is 0 Å². The van der Waals surface area contributed by atoms with E-state index in [9.17, 15) is 9.00 Å². The van der Waals surface area contributed by atoms with Crippen LogP contribution in [0.2, 0.25) is 0 Å². The van der Waals surface area contributed by atoms with E-state index < -0.39 is 17.0 Å². The molecule has 0 amide bonds. The van der Waals surface area contributed by atoms with Gasteiger partial charge in [0.05, 0.1) is 19.1 Å². The van der Waals surface area contributed by atoms with Crippen LogP contribution >= 0.6 is 0 Å². The first kappa shape index (κ1) is 15.5. The first-order valence-electron chi connectivity index (χ1n) is 6.46. The van der Waals surface area contributed by atoms with Crippen molar-refractivity contribution < 1.29 is 18.5 Å². The zero-order valence-corrected chi connectivity index (χ0v) is 13.0. The van der Waals surface area contributed by atoms with Crippen LogP contribution in [0.5, 0.6) is 5.75 Å². The van der Waals surface area contributed by atoms with Crippen molar-refractivity contribution in [3.8, 4) is 5.75 Å². The van der Waals surface area contributed by atoms with Gasteiger partial charge in [-0.05, 0) is 35.0 Å². The molecule has 0 aliphatic rings. The number of benzene rings is 2. The normalized spacial score (nSPS) is 12.1. The minimum Gasteiger partial charge on any atom is -0.496 e. The summed E-state index contributed by atoms with van der Waals surface area (Å²) in [5.41, 5.74) is 0.346. The Morgan fingerprint density at radius 3 is 2.57 bits per heavy atom. The molecule has 5 nitrogen and oxygen atoms in total. The first-order valence-corrected chi connectivity index (χ1v) is 7.61. The molecule has 1 atom stereocenters. The van der Waals surface area contributed by atoms with E-state index in [0.717, 1.165) is 10.8 Å². The monoisotopic (exact) mass is 307 g/mol. The topological polar surface area (TPSA) is 64.6 Å². The summed E-state index contributed by atoms with van der Waals surface area (Å²) >= 11 is 0. The average molecular weight is 307 g/mol. The van der Waals surface area contributed by atoms with Crippen molar-refractivity contribution in [2.24, 2.45) is 0 Å². The second kappa shape index (κ2) is 6.69. The SMILES string of the molecule is CCNS(=O)c1ccc2cc(OC)c(C(=O)OC)cc2c1. The van der Waals surface area contributed by atoms with E-state index in [4.69, 9.17) is 9.47 Å². The fraction of sp³-hybridized carbons (Fsp3) is 0.267. The van der Waals surface area contributed by atoms with Gasteiger partial charge in [0.25, 0.3) is 0 Å². The molecule has 0 radical (unpaired) electrons. The van der Waals surface area contributed by atoms with Crippen LogP contribution in [-0.4, -0.2) is 30.9 Å². The zero-order valence-electron chi connectivity index (χ0n) is 12.1. The van der Waals surface area contributed by atoms with Crippen molar-refractivity contribution in [3.63, 3.8) is 0 Å². The molecule has 0 aliphatic heterocycles. The predicted octanol–water partition coefficient (Wildman–Crippen LogP) is 2.27. The minimum atomic E-state index is -1.26. The molecule has 0 saturated heterocycles. The lowest BCUT2D eigenvalue weighted by molar-refractivity contribution is 0.0597. The number of esters is 1. The molecule has 0 spiro atoms. The lowest BCUT2D eigenvalue weighted by atomic mass is 10.1. The highest BCUT2D eigenvalue weighted by molar-refractivity contribution is 7.83. The molecule has 21 heavy (non-hydrogen) atoms. The maximum atomic E-state index is 12.0. The lowest BCUT2D eigenvalue weighted by Crippen LogP contribution is -2.16. The molecule has 2 aromatic rings. The standard InChI is InChI=1S/C15H17NO4S/c1-4-16-21(18)12-6-5-10-9-14(19-2)13(15(17)20-3)8-11(10)7-12/h5-9,16H,4H2,1-3H3. The van der Waals surface area contributed by atoms with Crippen molar-refractivity contribution in [1.82, 2.24) is 4.72 Å². The fourth-order valence-electron chi connectivity index (χ4n) is 2.02. The van der Waals surface area contributed by atoms with Gasteiger partial charge in [0.2, 0.25) is 0 Å². The molecule has 1 unspecified atom stereocenters. The smallest absolute Gasteiger partial charge is 0.341 e. The van der Waals surface area contributed by atoms with E-state index in [1.807, 2.05) is 13.0 Å². The molecule has 0 aliphatic carbocycles. The summed E-state index contributed by atoms with van der Waals surface area (Å²) in [6.07, 6.45) is 0. The predicted molar refractivity (Wildman–Crippen MR) is 81.9 cm³/mol. The van der Waals surface area contributed by atoms with Gasteiger partial charge in [-0.15, -0.1) is 0 Å². The highest BCUT2D eigenvalue weighted by Gasteiger charge is 2.14. The van der Waals surface area contributed by atoms with Gasteiger partial charge in [0, 0.05) is 6.54 Å². The van der Waals surface area contributed by atoms with Crippen molar-refractivity contribution in [2.75, 3.05) is 20.8 Å². The van der Waals surface area contributed by atoms with E-state index in [1.54, 1.807) is 24.3 Å². The van der Waals surface area contributed by atoms with Gasteiger partial charge in [-0.3, -0.25) is 0 Å². The first-order chi connectivity index (χ1) is 10.1. The van der Waals surface area contributed by atoms with Gasteiger partial charge in [0.1, 0.15) is 22.3 Å². The Hall–Kier alpha value is -1.92. The number of ether oxygens (including phenoxy) is 2. The summed E-state index contributed by atoms with van der Waals surface area (Å²) in [5, 5.41) is 1.71. The van der Waals surface area contributed by atoms with Crippen LogP contribution in [0.1, 0.15) is 17.3 Å². The number of hydrogen-bond donors (Lipinski definition) is 1. The summed E-state index contributed by atoms with van der Waals surface area (Å²) in [5.74, 6) is -0.0122. The summed E-state index contributed by atoms with van der Waals surface area (Å²) in [4.78, 5) is 12.4. The number of fused-ring (bicyclic) bond motifs is 1. The molecule has 0 heterocycles. The van der Waals surface area contributed by atoms with E-state index in [1.165, 1.54) is 14.2 Å². The number of nitrogens with one attached hydrogen (secondary N) is 1. The minimum absolute atomic E-state index is 0.346. The Bertz CT molecular complexity index is 699. The third-order valence-electron chi connectivity index (χ3n) is 3.02. The third-order valence-corrected chi connectivity index (χ3v) is 4.26. The number of hydrogen-bond acceptors (Lipinski definition) is 4. The molecule has 2 rings (SSSR count). The third kappa shape index (κ3) is 3.22.